The summed E-state index contributed by atoms with van der Waals surface area (Å²) in [7, 11) is 0. The first-order valence-electron chi connectivity index (χ1n) is 8.03. The van der Waals surface area contributed by atoms with Crippen molar-refractivity contribution in [1.29, 1.82) is 0 Å². The van der Waals surface area contributed by atoms with E-state index in [0.29, 0.717) is 13.2 Å². The molecule has 0 fully saturated rings. The van der Waals surface area contributed by atoms with Crippen LogP contribution in [0.2, 0.25) is 0 Å². The molecule has 0 aliphatic heterocycles. The van der Waals surface area contributed by atoms with Crippen molar-refractivity contribution in [3.05, 3.63) is 82.6 Å². The average Bonchev–Trinajstić information content (AvgIpc) is 3.14. The zero-order valence-corrected chi connectivity index (χ0v) is 14.3. The Balaban J connectivity index is 1.45. The van der Waals surface area contributed by atoms with Crippen LogP contribution in [0.15, 0.2) is 72.1 Å². The van der Waals surface area contributed by atoms with E-state index < -0.39 is 0 Å². The zero-order valence-electron chi connectivity index (χ0n) is 13.5. The number of nitrogens with one attached hydrogen (secondary N) is 1. The van der Waals surface area contributed by atoms with Crippen molar-refractivity contribution < 1.29 is 9.47 Å². The van der Waals surface area contributed by atoms with Crippen molar-refractivity contribution in [3.63, 3.8) is 0 Å². The van der Waals surface area contributed by atoms with Gasteiger partial charge in [0.15, 0.2) is 0 Å². The van der Waals surface area contributed by atoms with Crippen LogP contribution in [0.3, 0.4) is 0 Å². The van der Waals surface area contributed by atoms with E-state index in [-0.39, 0.29) is 0 Å². The summed E-state index contributed by atoms with van der Waals surface area (Å²) in [6.45, 7) is 2.72. The fourth-order valence-corrected chi connectivity index (χ4v) is 3.03. The van der Waals surface area contributed by atoms with Crippen molar-refractivity contribution in [1.82, 2.24) is 5.32 Å². The fraction of sp³-hybridized carbons (Fsp3) is 0.200. The standard InChI is InChI=1S/C20H21NO2S/c1-2-8-18(9-3-1)22-12-13-23-20-11-5-4-7-17(20)15-21-16-19-10-6-14-24-19/h1-11,14,21H,12-13,15-16H2. The van der Waals surface area contributed by atoms with E-state index in [9.17, 15) is 0 Å². The van der Waals surface area contributed by atoms with E-state index >= 15 is 0 Å². The van der Waals surface area contributed by atoms with Gasteiger partial charge in [0.05, 0.1) is 0 Å². The van der Waals surface area contributed by atoms with Gasteiger partial charge in [0.1, 0.15) is 24.7 Å². The van der Waals surface area contributed by atoms with Crippen molar-refractivity contribution in [2.75, 3.05) is 13.2 Å². The highest BCUT2D eigenvalue weighted by Gasteiger charge is 2.03. The SMILES string of the molecule is c1ccc(OCCOc2ccccc2CNCc2cccs2)cc1. The minimum atomic E-state index is 0.525. The highest BCUT2D eigenvalue weighted by Crippen LogP contribution is 2.18. The summed E-state index contributed by atoms with van der Waals surface area (Å²) in [5.74, 6) is 1.78. The molecule has 0 atom stereocenters. The van der Waals surface area contributed by atoms with Crippen LogP contribution in [0.5, 0.6) is 11.5 Å². The van der Waals surface area contributed by atoms with Crippen LogP contribution in [0.25, 0.3) is 0 Å². The van der Waals surface area contributed by atoms with Gasteiger partial charge in [-0.25, -0.2) is 0 Å². The number of rotatable bonds is 9. The number of hydrogen-bond acceptors (Lipinski definition) is 4. The summed E-state index contributed by atoms with van der Waals surface area (Å²) in [6.07, 6.45) is 0. The quantitative estimate of drug-likeness (QED) is 0.583. The molecule has 0 spiro atoms. The third-order valence-corrected chi connectivity index (χ3v) is 4.40. The molecule has 2 aromatic carbocycles. The van der Waals surface area contributed by atoms with Crippen LogP contribution in [0.1, 0.15) is 10.4 Å². The molecule has 0 aliphatic rings. The van der Waals surface area contributed by atoms with Gasteiger partial charge in [-0.3, -0.25) is 0 Å². The number of thiophene rings is 1. The van der Waals surface area contributed by atoms with Gasteiger partial charge in [0.2, 0.25) is 0 Å². The van der Waals surface area contributed by atoms with Crippen LogP contribution >= 0.6 is 11.3 Å². The fourth-order valence-electron chi connectivity index (χ4n) is 2.35. The molecule has 4 heteroatoms. The van der Waals surface area contributed by atoms with Gasteiger partial charge in [-0.1, -0.05) is 42.5 Å². The summed E-state index contributed by atoms with van der Waals surface area (Å²) < 4.78 is 11.5. The molecule has 0 amide bonds. The first-order chi connectivity index (χ1) is 11.9. The lowest BCUT2D eigenvalue weighted by Gasteiger charge is -2.12. The Morgan fingerprint density at radius 3 is 2.38 bits per heavy atom. The molecule has 0 saturated carbocycles. The van der Waals surface area contributed by atoms with Gasteiger partial charge >= 0.3 is 0 Å². The van der Waals surface area contributed by atoms with E-state index in [1.54, 1.807) is 11.3 Å². The smallest absolute Gasteiger partial charge is 0.123 e. The predicted octanol–water partition coefficient (Wildman–Crippen LogP) is 4.50. The molecule has 3 aromatic rings. The topological polar surface area (TPSA) is 30.5 Å². The minimum absolute atomic E-state index is 0.525. The van der Waals surface area contributed by atoms with Crippen LogP contribution < -0.4 is 14.8 Å². The molecule has 0 unspecified atom stereocenters. The van der Waals surface area contributed by atoms with E-state index in [1.807, 2.05) is 48.5 Å². The Morgan fingerprint density at radius 1 is 0.750 bits per heavy atom. The lowest BCUT2D eigenvalue weighted by Crippen LogP contribution is -2.14. The van der Waals surface area contributed by atoms with Crippen LogP contribution in [-0.4, -0.2) is 13.2 Å². The summed E-state index contributed by atoms with van der Waals surface area (Å²) in [5, 5.41) is 5.56. The Kier molecular flexibility index (Phi) is 6.28. The maximum atomic E-state index is 5.88. The summed E-state index contributed by atoms with van der Waals surface area (Å²) in [5.41, 5.74) is 1.16. The van der Waals surface area contributed by atoms with Crippen molar-refractivity contribution >= 4 is 11.3 Å². The number of para-hydroxylation sites is 2. The molecule has 1 aromatic heterocycles. The van der Waals surface area contributed by atoms with Gasteiger partial charge in [0, 0.05) is 23.5 Å². The summed E-state index contributed by atoms with van der Waals surface area (Å²) >= 11 is 1.77. The molecule has 24 heavy (non-hydrogen) atoms. The monoisotopic (exact) mass is 339 g/mol. The average molecular weight is 339 g/mol. The molecular formula is C20H21NO2S. The van der Waals surface area contributed by atoms with E-state index in [2.05, 4.69) is 28.9 Å². The van der Waals surface area contributed by atoms with Crippen LogP contribution in [0.4, 0.5) is 0 Å². The van der Waals surface area contributed by atoms with Gasteiger partial charge in [-0.2, -0.15) is 0 Å². The molecule has 0 radical (unpaired) electrons. The number of ether oxygens (including phenoxy) is 2. The van der Waals surface area contributed by atoms with Gasteiger partial charge in [-0.05, 0) is 29.6 Å². The molecule has 0 saturated heterocycles. The van der Waals surface area contributed by atoms with Crippen molar-refractivity contribution in [2.24, 2.45) is 0 Å². The molecule has 3 rings (SSSR count). The largest absolute Gasteiger partial charge is 0.490 e. The Morgan fingerprint density at radius 2 is 1.54 bits per heavy atom. The second-order valence-electron chi connectivity index (χ2n) is 5.30. The molecule has 124 valence electrons. The Bertz CT molecular complexity index is 714. The highest BCUT2D eigenvalue weighted by atomic mass is 32.1. The van der Waals surface area contributed by atoms with Crippen LogP contribution in [-0.2, 0) is 13.1 Å². The van der Waals surface area contributed by atoms with Gasteiger partial charge in [-0.15, -0.1) is 11.3 Å². The number of benzene rings is 2. The molecule has 0 aliphatic carbocycles. The third kappa shape index (κ3) is 5.11. The second kappa shape index (κ2) is 9.11. The van der Waals surface area contributed by atoms with Crippen LogP contribution in [0, 0.1) is 0 Å². The third-order valence-electron chi connectivity index (χ3n) is 3.52. The predicted molar refractivity (Wildman–Crippen MR) is 98.7 cm³/mol. The van der Waals surface area contributed by atoms with Crippen molar-refractivity contribution in [3.8, 4) is 11.5 Å². The zero-order chi connectivity index (χ0) is 16.5. The van der Waals surface area contributed by atoms with Gasteiger partial charge < -0.3 is 14.8 Å². The molecule has 1 heterocycles. The van der Waals surface area contributed by atoms with E-state index in [0.717, 1.165) is 30.2 Å². The Labute approximate surface area is 146 Å². The van der Waals surface area contributed by atoms with E-state index in [1.165, 1.54) is 4.88 Å². The van der Waals surface area contributed by atoms with E-state index in [4.69, 9.17) is 9.47 Å². The maximum absolute atomic E-state index is 5.88. The summed E-state index contributed by atoms with van der Waals surface area (Å²) in [6, 6.07) is 22.1. The molecular weight excluding hydrogens is 318 g/mol. The summed E-state index contributed by atoms with van der Waals surface area (Å²) in [4.78, 5) is 1.34. The van der Waals surface area contributed by atoms with Gasteiger partial charge in [0.25, 0.3) is 0 Å². The lowest BCUT2D eigenvalue weighted by molar-refractivity contribution is 0.215. The first-order valence-corrected chi connectivity index (χ1v) is 8.91. The maximum Gasteiger partial charge on any atom is 0.123 e. The molecule has 3 nitrogen and oxygen atoms in total. The molecule has 1 N–H and O–H groups in total. The van der Waals surface area contributed by atoms with Crippen molar-refractivity contribution in [2.45, 2.75) is 13.1 Å². The number of hydrogen-bond donors (Lipinski definition) is 1. The highest BCUT2D eigenvalue weighted by molar-refractivity contribution is 7.09. The molecule has 0 bridgehead atoms. The Hall–Kier alpha value is -2.30. The second-order valence-corrected chi connectivity index (χ2v) is 6.33. The normalized spacial score (nSPS) is 10.5. The lowest BCUT2D eigenvalue weighted by atomic mass is 10.2. The first kappa shape index (κ1) is 16.6. The minimum Gasteiger partial charge on any atom is -0.490 e.